The number of nitrogens with one attached hydrogen (secondary N) is 2. The molecule has 37 heavy (non-hydrogen) atoms. The number of amides is 3. The second-order valence-electron chi connectivity index (χ2n) is 12.2. The van der Waals surface area contributed by atoms with Crippen LogP contribution in [0.1, 0.15) is 106 Å². The van der Waals surface area contributed by atoms with Crippen LogP contribution in [0.5, 0.6) is 0 Å². The average molecular weight is 516 g/mol. The fraction of sp³-hybridized carbons (Fsp3) is 0.633. The molecule has 0 aliphatic heterocycles. The van der Waals surface area contributed by atoms with Crippen LogP contribution in [0.3, 0.4) is 0 Å². The summed E-state index contributed by atoms with van der Waals surface area (Å²) in [5.74, 6) is -0.475. The van der Waals surface area contributed by atoms with Gasteiger partial charge in [-0.3, -0.25) is 9.59 Å². The largest absolute Gasteiger partial charge is 0.444 e. The highest BCUT2D eigenvalue weighted by Gasteiger charge is 2.42. The molecule has 0 radical (unpaired) electrons. The lowest BCUT2D eigenvalue weighted by Crippen LogP contribution is -2.59. The van der Waals surface area contributed by atoms with Crippen LogP contribution < -0.4 is 10.6 Å². The number of carbonyl (C=O) groups is 3. The van der Waals surface area contributed by atoms with E-state index in [-0.39, 0.29) is 23.8 Å². The molecule has 1 aromatic rings. The number of hydrogen-bond acceptors (Lipinski definition) is 4. The Morgan fingerprint density at radius 1 is 1.05 bits per heavy atom. The molecular weight excluding hydrogens is 466 g/mol. The summed E-state index contributed by atoms with van der Waals surface area (Å²) >= 11 is 0. The van der Waals surface area contributed by atoms with Crippen molar-refractivity contribution in [2.75, 3.05) is 0 Å². The van der Waals surface area contributed by atoms with E-state index in [0.29, 0.717) is 12.0 Å². The number of rotatable bonds is 11. The molecular formula is C30H49N3O4. The van der Waals surface area contributed by atoms with Crippen LogP contribution >= 0.6 is 0 Å². The Kier molecular flexibility index (Phi) is 11.9. The lowest BCUT2D eigenvalue weighted by molar-refractivity contribution is -0.149. The monoisotopic (exact) mass is 515 g/mol. The van der Waals surface area contributed by atoms with Crippen molar-refractivity contribution in [1.82, 2.24) is 15.5 Å². The van der Waals surface area contributed by atoms with Gasteiger partial charge in [0, 0.05) is 11.6 Å². The summed E-state index contributed by atoms with van der Waals surface area (Å²) in [6, 6.07) is 5.68. The second-order valence-corrected chi connectivity index (χ2v) is 12.2. The van der Waals surface area contributed by atoms with Crippen molar-refractivity contribution in [2.24, 2.45) is 5.92 Å². The van der Waals surface area contributed by atoms with Gasteiger partial charge in [-0.15, -0.1) is 0 Å². The maximum Gasteiger partial charge on any atom is 0.408 e. The number of hydrogen-bond donors (Lipinski definition) is 2. The minimum atomic E-state index is -0.901. The summed E-state index contributed by atoms with van der Waals surface area (Å²) in [6.07, 6.45) is 3.21. The van der Waals surface area contributed by atoms with Crippen molar-refractivity contribution in [3.05, 3.63) is 42.0 Å². The summed E-state index contributed by atoms with van der Waals surface area (Å²) in [5.41, 5.74) is 0.0934. The van der Waals surface area contributed by atoms with Crippen LogP contribution in [0.2, 0.25) is 0 Å². The quantitative estimate of drug-likeness (QED) is 0.365. The molecule has 0 aromatic heterocycles. The topological polar surface area (TPSA) is 87.7 Å². The lowest BCUT2D eigenvalue weighted by Gasteiger charge is -2.43. The summed E-state index contributed by atoms with van der Waals surface area (Å²) in [7, 11) is 0. The lowest BCUT2D eigenvalue weighted by atomic mass is 9.92. The molecule has 3 atom stereocenters. The molecule has 3 amide bonds. The van der Waals surface area contributed by atoms with Crippen LogP contribution in [0.4, 0.5) is 4.79 Å². The molecule has 0 saturated carbocycles. The zero-order valence-corrected chi connectivity index (χ0v) is 24.6. The Labute approximate surface area is 224 Å². The zero-order chi connectivity index (χ0) is 28.6. The molecule has 7 heteroatoms. The normalized spacial score (nSPS) is 14.4. The first kappa shape index (κ1) is 32.2. The maximum absolute atomic E-state index is 14.3. The predicted molar refractivity (Wildman–Crippen MR) is 151 cm³/mol. The Hall–Kier alpha value is -2.83. The van der Waals surface area contributed by atoms with Gasteiger partial charge in [0.25, 0.3) is 0 Å². The third-order valence-corrected chi connectivity index (χ3v) is 5.74. The first-order valence-corrected chi connectivity index (χ1v) is 13.4. The summed E-state index contributed by atoms with van der Waals surface area (Å²) in [4.78, 5) is 42.4. The van der Waals surface area contributed by atoms with Gasteiger partial charge in [-0.1, -0.05) is 58.0 Å². The molecule has 0 fully saturated rings. The van der Waals surface area contributed by atoms with Crippen LogP contribution in [-0.2, 0) is 14.3 Å². The zero-order valence-electron chi connectivity index (χ0n) is 24.6. The third kappa shape index (κ3) is 10.6. The van der Waals surface area contributed by atoms with E-state index in [2.05, 4.69) is 24.1 Å². The number of carbonyl (C=O) groups excluding carboxylic acids is 3. The number of benzene rings is 1. The van der Waals surface area contributed by atoms with Crippen LogP contribution in [0, 0.1) is 5.92 Å². The summed E-state index contributed by atoms with van der Waals surface area (Å²) in [5, 5.41) is 5.89. The molecule has 0 saturated heterocycles. The Bertz CT molecular complexity index is 927. The third-order valence-electron chi connectivity index (χ3n) is 5.74. The van der Waals surface area contributed by atoms with Gasteiger partial charge in [-0.05, 0) is 84.4 Å². The van der Waals surface area contributed by atoms with Gasteiger partial charge in [0.05, 0.1) is 0 Å². The van der Waals surface area contributed by atoms with Crippen molar-refractivity contribution in [1.29, 1.82) is 0 Å². The molecule has 1 aromatic carbocycles. The number of nitrogens with zero attached hydrogens (tertiary/aromatic N) is 1. The molecule has 0 spiro atoms. The van der Waals surface area contributed by atoms with Gasteiger partial charge in [0.15, 0.2) is 0 Å². The van der Waals surface area contributed by atoms with Gasteiger partial charge < -0.3 is 20.3 Å². The molecule has 208 valence electrons. The molecule has 3 unspecified atom stereocenters. The van der Waals surface area contributed by atoms with E-state index in [0.717, 1.165) is 18.4 Å². The molecule has 2 N–H and O–H groups in total. The molecule has 0 aliphatic rings. The van der Waals surface area contributed by atoms with Crippen LogP contribution in [0.25, 0.3) is 6.08 Å². The number of ether oxygens (including phenoxy) is 1. The molecule has 7 nitrogen and oxygen atoms in total. The highest BCUT2D eigenvalue weighted by molar-refractivity contribution is 5.92. The summed E-state index contributed by atoms with van der Waals surface area (Å²) in [6.45, 7) is 22.9. The van der Waals surface area contributed by atoms with Gasteiger partial charge in [0.1, 0.15) is 17.7 Å². The highest BCUT2D eigenvalue weighted by atomic mass is 16.6. The van der Waals surface area contributed by atoms with Gasteiger partial charge in [-0.2, -0.15) is 0 Å². The van der Waals surface area contributed by atoms with Crippen molar-refractivity contribution >= 4 is 24.0 Å². The van der Waals surface area contributed by atoms with Crippen molar-refractivity contribution in [3.8, 4) is 0 Å². The van der Waals surface area contributed by atoms with Crippen molar-refractivity contribution < 1.29 is 19.1 Å². The van der Waals surface area contributed by atoms with Crippen LogP contribution in [0.15, 0.2) is 30.8 Å². The van der Waals surface area contributed by atoms with Crippen molar-refractivity contribution in [2.45, 2.75) is 118 Å². The minimum absolute atomic E-state index is 0.0501. The Morgan fingerprint density at radius 2 is 1.68 bits per heavy atom. The predicted octanol–water partition coefficient (Wildman–Crippen LogP) is 6.24. The molecule has 0 heterocycles. The number of alkyl carbamates (subject to hydrolysis) is 1. The van der Waals surface area contributed by atoms with Crippen LogP contribution in [-0.4, -0.2) is 46.0 Å². The molecule has 0 aliphatic carbocycles. The first-order valence-electron chi connectivity index (χ1n) is 13.4. The SMILES string of the molecule is C=Cc1cccc(C(C(=O)NC(C)CCC)N(C(=O)C(CC(C)C)NC(=O)OC(C)(C)C)C(C)(C)C)c1. The van der Waals surface area contributed by atoms with E-state index >= 15 is 0 Å². The van der Waals surface area contributed by atoms with E-state index in [9.17, 15) is 14.4 Å². The highest BCUT2D eigenvalue weighted by Crippen LogP contribution is 2.31. The second kappa shape index (κ2) is 13.6. The minimum Gasteiger partial charge on any atom is -0.444 e. The molecule has 1 rings (SSSR count). The van der Waals surface area contributed by atoms with E-state index in [1.54, 1.807) is 31.7 Å². The summed E-state index contributed by atoms with van der Waals surface area (Å²) < 4.78 is 5.46. The van der Waals surface area contributed by atoms with E-state index < -0.39 is 29.3 Å². The van der Waals surface area contributed by atoms with E-state index in [4.69, 9.17) is 4.74 Å². The average Bonchev–Trinajstić information content (AvgIpc) is 2.74. The van der Waals surface area contributed by atoms with Crippen molar-refractivity contribution in [3.63, 3.8) is 0 Å². The Morgan fingerprint density at radius 3 is 2.16 bits per heavy atom. The smallest absolute Gasteiger partial charge is 0.408 e. The van der Waals surface area contributed by atoms with E-state index in [1.807, 2.05) is 65.8 Å². The Balaban J connectivity index is 3.62. The fourth-order valence-electron chi connectivity index (χ4n) is 4.26. The van der Waals surface area contributed by atoms with Gasteiger partial charge in [0.2, 0.25) is 11.8 Å². The van der Waals surface area contributed by atoms with Gasteiger partial charge >= 0.3 is 6.09 Å². The first-order chi connectivity index (χ1) is 17.0. The van der Waals surface area contributed by atoms with Gasteiger partial charge in [-0.25, -0.2) is 4.79 Å². The fourth-order valence-corrected chi connectivity index (χ4v) is 4.26. The maximum atomic E-state index is 14.3. The van der Waals surface area contributed by atoms with E-state index in [1.165, 1.54) is 0 Å². The molecule has 0 bridgehead atoms. The standard InChI is InChI=1S/C30H49N3O4/c1-12-15-21(5)31-26(34)25(23-17-14-16-22(13-2)19-23)33(29(6,7)8)27(35)24(18-20(3)4)32-28(36)37-30(9,10)11/h13-14,16-17,19-21,24-25H,2,12,15,18H2,1,3-11H3,(H,31,34)(H,32,36).